The molecule has 0 radical (unpaired) electrons. The number of hydrogen-bond donors (Lipinski definition) is 1. The number of fused-ring (bicyclic) bond motifs is 2. The van der Waals surface area contributed by atoms with Crippen molar-refractivity contribution in [1.29, 1.82) is 0 Å². The zero-order valence-corrected chi connectivity index (χ0v) is 12.3. The number of ether oxygens (including phenoxy) is 2. The summed E-state index contributed by atoms with van der Waals surface area (Å²) in [6.07, 6.45) is 3.30. The molecule has 0 saturated heterocycles. The molecule has 0 aromatic rings. The maximum absolute atomic E-state index is 11.7. The third-order valence-electron chi connectivity index (χ3n) is 4.51. The smallest absolute Gasteiger partial charge is 0.339 e. The molecule has 0 bridgehead atoms. The lowest BCUT2D eigenvalue weighted by Gasteiger charge is -2.42. The quantitative estimate of drug-likeness (QED) is 0.745. The first kappa shape index (κ1) is 14.1. The lowest BCUT2D eigenvalue weighted by molar-refractivity contribution is -0.153. The molecular weight excluding hydrogens is 272 g/mol. The van der Waals surface area contributed by atoms with Gasteiger partial charge in [0.1, 0.15) is 18.0 Å². The molecule has 3 aliphatic rings. The van der Waals surface area contributed by atoms with E-state index in [4.69, 9.17) is 9.47 Å². The number of allylic oxidation sites excluding steroid dienone is 3. The second-order valence-corrected chi connectivity index (χ2v) is 6.20. The molecule has 112 valence electrons. The zero-order valence-electron chi connectivity index (χ0n) is 12.3. The van der Waals surface area contributed by atoms with Gasteiger partial charge in [-0.15, -0.1) is 0 Å². The molecule has 3 rings (SSSR count). The number of rotatable bonds is 1. The molecule has 1 heterocycles. The molecule has 2 aliphatic carbocycles. The summed E-state index contributed by atoms with van der Waals surface area (Å²) in [5.74, 6) is -0.128. The van der Waals surface area contributed by atoms with Crippen molar-refractivity contribution < 1.29 is 24.2 Å². The third-order valence-corrected chi connectivity index (χ3v) is 4.51. The van der Waals surface area contributed by atoms with Gasteiger partial charge >= 0.3 is 11.9 Å². The van der Waals surface area contributed by atoms with Crippen LogP contribution in [-0.4, -0.2) is 29.3 Å². The Hall–Kier alpha value is -1.88. The standard InChI is InChI=1S/C16H18O5/c1-8-11-6-16(3)7-14(20-9(2)17)12(18)4-10(16)5-13(11)21-15(8)19/h4-5,12,14,18H,6-7H2,1-3H3. The molecule has 1 N–H and O–H groups in total. The van der Waals surface area contributed by atoms with Crippen LogP contribution in [0, 0.1) is 5.41 Å². The largest absolute Gasteiger partial charge is 0.459 e. The van der Waals surface area contributed by atoms with Gasteiger partial charge in [-0.2, -0.15) is 0 Å². The number of carbonyl (C=O) groups is 2. The van der Waals surface area contributed by atoms with E-state index < -0.39 is 18.2 Å². The summed E-state index contributed by atoms with van der Waals surface area (Å²) in [5.41, 5.74) is 2.21. The fraction of sp³-hybridized carbons (Fsp3) is 0.500. The van der Waals surface area contributed by atoms with Gasteiger partial charge < -0.3 is 14.6 Å². The molecule has 5 heteroatoms. The van der Waals surface area contributed by atoms with Crippen LogP contribution >= 0.6 is 0 Å². The average Bonchev–Trinajstić information content (AvgIpc) is 2.63. The summed E-state index contributed by atoms with van der Waals surface area (Å²) in [6.45, 7) is 5.15. The minimum Gasteiger partial charge on any atom is -0.459 e. The van der Waals surface area contributed by atoms with E-state index in [1.165, 1.54) is 6.92 Å². The van der Waals surface area contributed by atoms with Gasteiger partial charge in [0.2, 0.25) is 0 Å². The Morgan fingerprint density at radius 1 is 1.52 bits per heavy atom. The summed E-state index contributed by atoms with van der Waals surface area (Å²) in [7, 11) is 0. The van der Waals surface area contributed by atoms with Crippen molar-refractivity contribution in [2.75, 3.05) is 0 Å². The minimum atomic E-state index is -0.836. The van der Waals surface area contributed by atoms with Crippen molar-refractivity contribution in [3.8, 4) is 0 Å². The SMILES string of the molecule is CC(=O)OC1CC2(C)CC3=C(C)C(=O)OC3=CC2=CC1O. The highest BCUT2D eigenvalue weighted by Gasteiger charge is 2.45. The highest BCUT2D eigenvalue weighted by molar-refractivity contribution is 5.94. The van der Waals surface area contributed by atoms with Crippen molar-refractivity contribution >= 4 is 11.9 Å². The number of carbonyl (C=O) groups excluding carboxylic acids is 2. The van der Waals surface area contributed by atoms with Gasteiger partial charge in [-0.1, -0.05) is 6.92 Å². The van der Waals surface area contributed by atoms with E-state index in [0.29, 0.717) is 24.2 Å². The average molecular weight is 290 g/mol. The van der Waals surface area contributed by atoms with Crippen LogP contribution in [0.5, 0.6) is 0 Å². The third kappa shape index (κ3) is 2.21. The Balaban J connectivity index is 1.99. The molecule has 0 aromatic heterocycles. The zero-order chi connectivity index (χ0) is 15.4. The minimum absolute atomic E-state index is 0.270. The molecule has 0 fully saturated rings. The van der Waals surface area contributed by atoms with E-state index in [1.54, 1.807) is 13.0 Å². The van der Waals surface area contributed by atoms with Crippen LogP contribution in [0.1, 0.15) is 33.6 Å². The van der Waals surface area contributed by atoms with Crippen LogP contribution in [0.25, 0.3) is 0 Å². The lowest BCUT2D eigenvalue weighted by atomic mass is 9.65. The molecule has 0 aromatic carbocycles. The second-order valence-electron chi connectivity index (χ2n) is 6.20. The summed E-state index contributed by atoms with van der Waals surface area (Å²) >= 11 is 0. The van der Waals surface area contributed by atoms with Crippen molar-refractivity contribution in [1.82, 2.24) is 0 Å². The van der Waals surface area contributed by atoms with Crippen molar-refractivity contribution in [3.05, 3.63) is 34.6 Å². The summed E-state index contributed by atoms with van der Waals surface area (Å²) < 4.78 is 10.4. The first-order valence-corrected chi connectivity index (χ1v) is 7.02. The first-order valence-electron chi connectivity index (χ1n) is 7.02. The molecule has 5 nitrogen and oxygen atoms in total. The van der Waals surface area contributed by atoms with E-state index in [9.17, 15) is 14.7 Å². The van der Waals surface area contributed by atoms with Crippen LogP contribution < -0.4 is 0 Å². The fourth-order valence-electron chi connectivity index (χ4n) is 3.31. The second kappa shape index (κ2) is 4.56. The van der Waals surface area contributed by atoms with Crippen LogP contribution in [0.4, 0.5) is 0 Å². The Morgan fingerprint density at radius 2 is 2.24 bits per heavy atom. The molecule has 1 aliphatic heterocycles. The van der Waals surface area contributed by atoms with Gasteiger partial charge in [0.05, 0.1) is 0 Å². The van der Waals surface area contributed by atoms with Crippen LogP contribution in [0.15, 0.2) is 34.6 Å². The van der Waals surface area contributed by atoms with Crippen molar-refractivity contribution in [2.24, 2.45) is 5.41 Å². The van der Waals surface area contributed by atoms with Gasteiger partial charge in [0.15, 0.2) is 0 Å². The lowest BCUT2D eigenvalue weighted by Crippen LogP contribution is -2.41. The maximum Gasteiger partial charge on any atom is 0.339 e. The Bertz CT molecular complexity index is 625. The Labute approximate surface area is 122 Å². The van der Waals surface area contributed by atoms with Gasteiger partial charge in [0.25, 0.3) is 0 Å². The molecule has 21 heavy (non-hydrogen) atoms. The van der Waals surface area contributed by atoms with Gasteiger partial charge in [0, 0.05) is 23.5 Å². The van der Waals surface area contributed by atoms with E-state index in [1.807, 2.05) is 6.08 Å². The van der Waals surface area contributed by atoms with E-state index in [-0.39, 0.29) is 11.4 Å². The predicted molar refractivity (Wildman–Crippen MR) is 73.9 cm³/mol. The summed E-state index contributed by atoms with van der Waals surface area (Å²) in [5, 5.41) is 10.1. The maximum atomic E-state index is 11.7. The normalized spacial score (nSPS) is 34.6. The summed E-state index contributed by atoms with van der Waals surface area (Å²) in [4.78, 5) is 22.8. The Morgan fingerprint density at radius 3 is 2.90 bits per heavy atom. The molecule has 3 atom stereocenters. The molecule has 3 unspecified atom stereocenters. The van der Waals surface area contributed by atoms with Crippen LogP contribution in [-0.2, 0) is 19.1 Å². The highest BCUT2D eigenvalue weighted by Crippen LogP contribution is 2.51. The van der Waals surface area contributed by atoms with E-state index in [2.05, 4.69) is 6.92 Å². The van der Waals surface area contributed by atoms with Gasteiger partial charge in [-0.05, 0) is 37.5 Å². The van der Waals surface area contributed by atoms with Crippen molar-refractivity contribution in [2.45, 2.75) is 45.8 Å². The van der Waals surface area contributed by atoms with Gasteiger partial charge in [-0.3, -0.25) is 4.79 Å². The van der Waals surface area contributed by atoms with E-state index >= 15 is 0 Å². The molecular formula is C16H18O5. The molecule has 0 saturated carbocycles. The summed E-state index contributed by atoms with van der Waals surface area (Å²) in [6, 6.07) is 0. The van der Waals surface area contributed by atoms with Crippen LogP contribution in [0.3, 0.4) is 0 Å². The van der Waals surface area contributed by atoms with Crippen molar-refractivity contribution in [3.63, 3.8) is 0 Å². The van der Waals surface area contributed by atoms with E-state index in [0.717, 1.165) is 11.1 Å². The predicted octanol–water partition coefficient (Wildman–Crippen LogP) is 1.78. The highest BCUT2D eigenvalue weighted by atomic mass is 16.6. The fourth-order valence-corrected chi connectivity index (χ4v) is 3.31. The number of aliphatic hydroxyl groups excluding tert-OH is 1. The monoisotopic (exact) mass is 290 g/mol. The first-order chi connectivity index (χ1) is 9.80. The molecule has 0 spiro atoms. The number of esters is 2. The molecule has 0 amide bonds. The topological polar surface area (TPSA) is 72.8 Å². The number of hydrogen-bond acceptors (Lipinski definition) is 5. The van der Waals surface area contributed by atoms with Crippen LogP contribution in [0.2, 0.25) is 0 Å². The Kier molecular flexibility index (Phi) is 3.06. The van der Waals surface area contributed by atoms with Gasteiger partial charge in [-0.25, -0.2) is 4.79 Å². The number of aliphatic hydroxyl groups is 1.